The van der Waals surface area contributed by atoms with Gasteiger partial charge in [0.15, 0.2) is 0 Å². The first kappa shape index (κ1) is 14.1. The number of hydrogen-bond acceptors (Lipinski definition) is 2. The molecule has 0 spiro atoms. The smallest absolute Gasteiger partial charge is 0.127 e. The lowest BCUT2D eigenvalue weighted by Gasteiger charge is -2.18. The molecule has 0 fully saturated rings. The van der Waals surface area contributed by atoms with Crippen molar-refractivity contribution < 1.29 is 8.81 Å². The Labute approximate surface area is 117 Å². The second-order valence-electron chi connectivity index (χ2n) is 4.48. The second kappa shape index (κ2) is 6.22. The Morgan fingerprint density at radius 3 is 2.74 bits per heavy atom. The Morgan fingerprint density at radius 2 is 2.16 bits per heavy atom. The average molecular weight is 282 g/mol. The van der Waals surface area contributed by atoms with Gasteiger partial charge in [0, 0.05) is 16.6 Å². The van der Waals surface area contributed by atoms with Crippen molar-refractivity contribution in [3.05, 3.63) is 58.3 Å². The van der Waals surface area contributed by atoms with E-state index in [4.69, 9.17) is 16.0 Å². The lowest BCUT2D eigenvalue weighted by atomic mass is 9.99. The normalized spacial score (nSPS) is 12.6. The standard InChI is InChI=1S/C15H17ClFNO/c1-3-18-15(13-6-7-19-10(13)2)8-11-4-5-12(16)9-14(11)17/h4-7,9,15,18H,3,8H2,1-2H3. The molecule has 2 rings (SSSR count). The van der Waals surface area contributed by atoms with E-state index >= 15 is 0 Å². The van der Waals surface area contributed by atoms with Crippen LogP contribution in [0, 0.1) is 12.7 Å². The molecular weight excluding hydrogens is 265 g/mol. The summed E-state index contributed by atoms with van der Waals surface area (Å²) in [6.45, 7) is 4.75. The van der Waals surface area contributed by atoms with Crippen LogP contribution in [0.15, 0.2) is 34.9 Å². The lowest BCUT2D eigenvalue weighted by molar-refractivity contribution is 0.495. The van der Waals surface area contributed by atoms with Crippen LogP contribution < -0.4 is 5.32 Å². The molecule has 0 aliphatic carbocycles. The Morgan fingerprint density at radius 1 is 1.37 bits per heavy atom. The van der Waals surface area contributed by atoms with Gasteiger partial charge in [0.1, 0.15) is 11.6 Å². The third-order valence-electron chi connectivity index (χ3n) is 3.16. The van der Waals surface area contributed by atoms with E-state index in [0.717, 1.165) is 17.9 Å². The second-order valence-corrected chi connectivity index (χ2v) is 4.92. The van der Waals surface area contributed by atoms with Crippen LogP contribution in [0.1, 0.15) is 29.9 Å². The largest absolute Gasteiger partial charge is 0.469 e. The average Bonchev–Trinajstić information content (AvgIpc) is 2.78. The van der Waals surface area contributed by atoms with Gasteiger partial charge in [-0.1, -0.05) is 24.6 Å². The predicted molar refractivity (Wildman–Crippen MR) is 75.0 cm³/mol. The highest BCUT2D eigenvalue weighted by Gasteiger charge is 2.17. The summed E-state index contributed by atoms with van der Waals surface area (Å²) < 4.78 is 19.2. The van der Waals surface area contributed by atoms with E-state index in [1.165, 1.54) is 6.07 Å². The topological polar surface area (TPSA) is 25.2 Å². The van der Waals surface area contributed by atoms with E-state index < -0.39 is 0 Å². The van der Waals surface area contributed by atoms with Gasteiger partial charge in [-0.25, -0.2) is 4.39 Å². The summed E-state index contributed by atoms with van der Waals surface area (Å²) in [4.78, 5) is 0. The maximum Gasteiger partial charge on any atom is 0.127 e. The van der Waals surface area contributed by atoms with Crippen molar-refractivity contribution >= 4 is 11.6 Å². The predicted octanol–water partition coefficient (Wildman–Crippen LogP) is 4.27. The van der Waals surface area contributed by atoms with Gasteiger partial charge in [0.2, 0.25) is 0 Å². The fourth-order valence-corrected chi connectivity index (χ4v) is 2.36. The number of likely N-dealkylation sites (N-methyl/N-ethyl adjacent to an activating group) is 1. The maximum atomic E-state index is 13.9. The summed E-state index contributed by atoms with van der Waals surface area (Å²) in [6, 6.07) is 6.76. The molecule has 0 saturated carbocycles. The van der Waals surface area contributed by atoms with Crippen molar-refractivity contribution in [1.82, 2.24) is 5.32 Å². The van der Waals surface area contributed by atoms with Gasteiger partial charge >= 0.3 is 0 Å². The highest BCUT2D eigenvalue weighted by molar-refractivity contribution is 6.30. The highest BCUT2D eigenvalue weighted by Crippen LogP contribution is 2.25. The molecule has 19 heavy (non-hydrogen) atoms. The molecule has 0 radical (unpaired) electrons. The van der Waals surface area contributed by atoms with E-state index in [0.29, 0.717) is 17.0 Å². The van der Waals surface area contributed by atoms with Crippen molar-refractivity contribution in [2.45, 2.75) is 26.3 Å². The fraction of sp³-hybridized carbons (Fsp3) is 0.333. The van der Waals surface area contributed by atoms with Gasteiger partial charge in [-0.2, -0.15) is 0 Å². The zero-order chi connectivity index (χ0) is 13.8. The maximum absolute atomic E-state index is 13.9. The van der Waals surface area contributed by atoms with Gasteiger partial charge in [-0.05, 0) is 43.7 Å². The molecule has 102 valence electrons. The van der Waals surface area contributed by atoms with Crippen LogP contribution in [0.4, 0.5) is 4.39 Å². The van der Waals surface area contributed by atoms with Gasteiger partial charge < -0.3 is 9.73 Å². The van der Waals surface area contributed by atoms with Crippen molar-refractivity contribution in [1.29, 1.82) is 0 Å². The Bertz CT molecular complexity index is 553. The summed E-state index contributed by atoms with van der Waals surface area (Å²) >= 11 is 5.77. The zero-order valence-electron chi connectivity index (χ0n) is 11.0. The van der Waals surface area contributed by atoms with Crippen LogP contribution in [-0.4, -0.2) is 6.54 Å². The number of aryl methyl sites for hydroxylation is 1. The van der Waals surface area contributed by atoms with Crippen LogP contribution in [0.3, 0.4) is 0 Å². The molecule has 0 bridgehead atoms. The molecule has 2 nitrogen and oxygen atoms in total. The van der Waals surface area contributed by atoms with E-state index in [2.05, 4.69) is 5.32 Å². The summed E-state index contributed by atoms with van der Waals surface area (Å²) in [5.41, 5.74) is 1.71. The molecule has 0 saturated heterocycles. The molecule has 2 aromatic rings. The monoisotopic (exact) mass is 281 g/mol. The molecule has 4 heteroatoms. The lowest BCUT2D eigenvalue weighted by Crippen LogP contribution is -2.23. The van der Waals surface area contributed by atoms with Gasteiger partial charge in [0.05, 0.1) is 6.26 Å². The van der Waals surface area contributed by atoms with Crippen LogP contribution in [0.2, 0.25) is 5.02 Å². The summed E-state index contributed by atoms with van der Waals surface area (Å²) in [6.07, 6.45) is 2.23. The van der Waals surface area contributed by atoms with Crippen LogP contribution in [0.5, 0.6) is 0 Å². The quantitative estimate of drug-likeness (QED) is 0.885. The molecule has 0 amide bonds. The molecule has 1 N–H and O–H groups in total. The molecule has 0 aliphatic heterocycles. The van der Waals surface area contributed by atoms with Crippen LogP contribution >= 0.6 is 11.6 Å². The molecule has 1 heterocycles. The number of furan rings is 1. The fourth-order valence-electron chi connectivity index (χ4n) is 2.20. The first-order chi connectivity index (χ1) is 9.11. The Balaban J connectivity index is 2.24. The van der Waals surface area contributed by atoms with Crippen molar-refractivity contribution in [2.75, 3.05) is 6.54 Å². The van der Waals surface area contributed by atoms with Gasteiger partial charge in [-0.3, -0.25) is 0 Å². The minimum absolute atomic E-state index is 0.0411. The minimum atomic E-state index is -0.267. The summed E-state index contributed by atoms with van der Waals surface area (Å²) in [5, 5.41) is 3.77. The van der Waals surface area contributed by atoms with Gasteiger partial charge in [0.25, 0.3) is 0 Å². The zero-order valence-corrected chi connectivity index (χ0v) is 11.8. The van der Waals surface area contributed by atoms with E-state index in [-0.39, 0.29) is 11.9 Å². The molecule has 1 aromatic carbocycles. The Hall–Kier alpha value is -1.32. The van der Waals surface area contributed by atoms with Crippen molar-refractivity contribution in [3.8, 4) is 0 Å². The van der Waals surface area contributed by atoms with Crippen LogP contribution in [-0.2, 0) is 6.42 Å². The third kappa shape index (κ3) is 3.37. The molecular formula is C15H17ClFNO. The highest BCUT2D eigenvalue weighted by atomic mass is 35.5. The number of rotatable bonds is 5. The van der Waals surface area contributed by atoms with E-state index in [1.54, 1.807) is 18.4 Å². The third-order valence-corrected chi connectivity index (χ3v) is 3.40. The molecule has 1 unspecified atom stereocenters. The first-order valence-electron chi connectivity index (χ1n) is 6.33. The molecule has 1 aromatic heterocycles. The number of benzene rings is 1. The molecule has 1 atom stereocenters. The number of hydrogen-bond donors (Lipinski definition) is 1. The first-order valence-corrected chi connectivity index (χ1v) is 6.71. The molecule has 0 aliphatic rings. The van der Waals surface area contributed by atoms with Crippen LogP contribution in [0.25, 0.3) is 0 Å². The van der Waals surface area contributed by atoms with Gasteiger partial charge in [-0.15, -0.1) is 0 Å². The summed E-state index contributed by atoms with van der Waals surface area (Å²) in [5.74, 6) is 0.594. The van der Waals surface area contributed by atoms with E-state index in [1.807, 2.05) is 19.9 Å². The van der Waals surface area contributed by atoms with E-state index in [9.17, 15) is 4.39 Å². The Kier molecular flexibility index (Phi) is 4.61. The van der Waals surface area contributed by atoms with Crippen molar-refractivity contribution in [2.24, 2.45) is 0 Å². The summed E-state index contributed by atoms with van der Waals surface area (Å²) in [7, 11) is 0. The van der Waals surface area contributed by atoms with Crippen molar-refractivity contribution in [3.63, 3.8) is 0 Å². The minimum Gasteiger partial charge on any atom is -0.469 e. The number of halogens is 2. The SMILES string of the molecule is CCNC(Cc1ccc(Cl)cc1F)c1ccoc1C. The number of nitrogens with one attached hydrogen (secondary N) is 1.